The standard InChI is InChI=1S/C17H23BrN2S/c1-13(2)11-19-12-15(10-17-20-6-7-21-17)8-14-4-3-5-16(18)9-14/h3-7,9,13,15,19H,8,10-12H2,1-2H3. The second-order valence-electron chi connectivity index (χ2n) is 5.88. The molecule has 2 aromatic rings. The van der Waals surface area contributed by atoms with Crippen molar-refractivity contribution < 1.29 is 0 Å². The molecule has 0 radical (unpaired) electrons. The predicted molar refractivity (Wildman–Crippen MR) is 94.9 cm³/mol. The van der Waals surface area contributed by atoms with Crippen LogP contribution < -0.4 is 5.32 Å². The second-order valence-corrected chi connectivity index (χ2v) is 7.78. The molecule has 0 amide bonds. The van der Waals surface area contributed by atoms with Gasteiger partial charge in [-0.15, -0.1) is 11.3 Å². The van der Waals surface area contributed by atoms with Gasteiger partial charge in [0.1, 0.15) is 0 Å². The van der Waals surface area contributed by atoms with Crippen molar-refractivity contribution in [2.45, 2.75) is 26.7 Å². The molecule has 1 unspecified atom stereocenters. The number of halogens is 1. The molecule has 0 bridgehead atoms. The van der Waals surface area contributed by atoms with E-state index in [0.717, 1.165) is 30.4 Å². The van der Waals surface area contributed by atoms with Crippen molar-refractivity contribution in [2.75, 3.05) is 13.1 Å². The molecule has 2 rings (SSSR count). The SMILES string of the molecule is CC(C)CNCC(Cc1cccc(Br)c1)Cc1nccs1. The zero-order chi connectivity index (χ0) is 15.1. The van der Waals surface area contributed by atoms with Gasteiger partial charge in [-0.1, -0.05) is 41.9 Å². The van der Waals surface area contributed by atoms with E-state index in [4.69, 9.17) is 0 Å². The van der Waals surface area contributed by atoms with Crippen LogP contribution in [0.1, 0.15) is 24.4 Å². The molecule has 0 saturated carbocycles. The normalized spacial score (nSPS) is 12.8. The van der Waals surface area contributed by atoms with Gasteiger partial charge in [-0.2, -0.15) is 0 Å². The molecule has 114 valence electrons. The van der Waals surface area contributed by atoms with Crippen molar-refractivity contribution in [3.63, 3.8) is 0 Å². The molecular formula is C17H23BrN2S. The number of hydrogen-bond acceptors (Lipinski definition) is 3. The summed E-state index contributed by atoms with van der Waals surface area (Å²) in [5.74, 6) is 1.28. The highest BCUT2D eigenvalue weighted by molar-refractivity contribution is 9.10. The fraction of sp³-hybridized carbons (Fsp3) is 0.471. The van der Waals surface area contributed by atoms with Crippen molar-refractivity contribution in [1.29, 1.82) is 0 Å². The summed E-state index contributed by atoms with van der Waals surface area (Å²) in [7, 11) is 0. The maximum absolute atomic E-state index is 4.44. The highest BCUT2D eigenvalue weighted by atomic mass is 79.9. The number of nitrogens with zero attached hydrogens (tertiary/aromatic N) is 1. The Bertz CT molecular complexity index is 525. The number of hydrogen-bond donors (Lipinski definition) is 1. The minimum Gasteiger partial charge on any atom is -0.316 e. The molecular weight excluding hydrogens is 344 g/mol. The van der Waals surface area contributed by atoms with Gasteiger partial charge in [-0.25, -0.2) is 4.98 Å². The minimum atomic E-state index is 0.587. The number of thiazole rings is 1. The summed E-state index contributed by atoms with van der Waals surface area (Å²) in [4.78, 5) is 4.44. The van der Waals surface area contributed by atoms with Gasteiger partial charge in [0.05, 0.1) is 5.01 Å². The first-order valence-electron chi connectivity index (χ1n) is 7.47. The van der Waals surface area contributed by atoms with Crippen molar-refractivity contribution in [1.82, 2.24) is 10.3 Å². The number of benzene rings is 1. The topological polar surface area (TPSA) is 24.9 Å². The Balaban J connectivity index is 1.96. The van der Waals surface area contributed by atoms with Crippen molar-refractivity contribution in [3.05, 3.63) is 50.9 Å². The monoisotopic (exact) mass is 366 g/mol. The summed E-state index contributed by atoms with van der Waals surface area (Å²) < 4.78 is 1.16. The van der Waals surface area contributed by atoms with E-state index >= 15 is 0 Å². The molecule has 0 aliphatic carbocycles. The molecule has 0 aliphatic rings. The van der Waals surface area contributed by atoms with Gasteiger partial charge >= 0.3 is 0 Å². The van der Waals surface area contributed by atoms with Crippen molar-refractivity contribution in [2.24, 2.45) is 11.8 Å². The van der Waals surface area contributed by atoms with Gasteiger partial charge in [0.25, 0.3) is 0 Å². The molecule has 1 aromatic heterocycles. The molecule has 4 heteroatoms. The van der Waals surface area contributed by atoms with Crippen LogP contribution in [-0.4, -0.2) is 18.1 Å². The van der Waals surface area contributed by atoms with E-state index in [1.807, 2.05) is 6.20 Å². The third kappa shape index (κ3) is 6.29. The fourth-order valence-corrected chi connectivity index (χ4v) is 3.57. The van der Waals surface area contributed by atoms with Crippen LogP contribution in [0.15, 0.2) is 40.3 Å². The van der Waals surface area contributed by atoms with Gasteiger partial charge in [-0.3, -0.25) is 0 Å². The highest BCUT2D eigenvalue weighted by Crippen LogP contribution is 2.19. The highest BCUT2D eigenvalue weighted by Gasteiger charge is 2.13. The van der Waals surface area contributed by atoms with E-state index in [1.165, 1.54) is 10.6 Å². The first-order chi connectivity index (χ1) is 10.1. The van der Waals surface area contributed by atoms with Crippen LogP contribution in [0.3, 0.4) is 0 Å². The van der Waals surface area contributed by atoms with E-state index in [0.29, 0.717) is 11.8 Å². The Hall–Kier alpha value is -0.710. The van der Waals surface area contributed by atoms with Gasteiger partial charge in [0.2, 0.25) is 0 Å². The minimum absolute atomic E-state index is 0.587. The Morgan fingerprint density at radius 2 is 2.10 bits per heavy atom. The second kappa shape index (κ2) is 8.66. The third-order valence-corrected chi connectivity index (χ3v) is 4.64. The van der Waals surface area contributed by atoms with Crippen LogP contribution in [0.5, 0.6) is 0 Å². The molecule has 1 heterocycles. The first kappa shape index (κ1) is 16.7. The maximum Gasteiger partial charge on any atom is 0.0928 e. The summed E-state index contributed by atoms with van der Waals surface area (Å²) >= 11 is 5.32. The van der Waals surface area contributed by atoms with Crippen molar-refractivity contribution >= 4 is 27.3 Å². The fourth-order valence-electron chi connectivity index (χ4n) is 2.39. The molecule has 0 aliphatic heterocycles. The molecule has 0 fully saturated rings. The summed E-state index contributed by atoms with van der Waals surface area (Å²) in [6.07, 6.45) is 4.04. The lowest BCUT2D eigenvalue weighted by atomic mass is 9.96. The largest absolute Gasteiger partial charge is 0.316 e. The molecule has 0 spiro atoms. The van der Waals surface area contributed by atoms with E-state index in [9.17, 15) is 0 Å². The van der Waals surface area contributed by atoms with Crippen LogP contribution in [0, 0.1) is 11.8 Å². The van der Waals surface area contributed by atoms with Crippen molar-refractivity contribution in [3.8, 4) is 0 Å². The van der Waals surface area contributed by atoms with Gasteiger partial charge in [0.15, 0.2) is 0 Å². The van der Waals surface area contributed by atoms with E-state index in [1.54, 1.807) is 11.3 Å². The molecule has 1 aromatic carbocycles. The van der Waals surface area contributed by atoms with Gasteiger partial charge < -0.3 is 5.32 Å². The quantitative estimate of drug-likeness (QED) is 0.740. The Kier molecular flexibility index (Phi) is 6.87. The molecule has 0 saturated heterocycles. The molecule has 1 atom stereocenters. The predicted octanol–water partition coefficient (Wildman–Crippen LogP) is 4.55. The molecule has 1 N–H and O–H groups in total. The maximum atomic E-state index is 4.44. The summed E-state index contributed by atoms with van der Waals surface area (Å²) in [5.41, 5.74) is 1.39. The molecule has 2 nitrogen and oxygen atoms in total. The number of rotatable bonds is 8. The average molecular weight is 367 g/mol. The van der Waals surface area contributed by atoms with Crippen LogP contribution in [-0.2, 0) is 12.8 Å². The Labute approximate surface area is 140 Å². The lowest BCUT2D eigenvalue weighted by Crippen LogP contribution is -2.28. The van der Waals surface area contributed by atoms with Gasteiger partial charge in [0, 0.05) is 22.5 Å². The summed E-state index contributed by atoms with van der Waals surface area (Å²) in [6.45, 7) is 6.62. The lowest BCUT2D eigenvalue weighted by Gasteiger charge is -2.18. The molecule has 21 heavy (non-hydrogen) atoms. The van der Waals surface area contributed by atoms with Crippen LogP contribution in [0.4, 0.5) is 0 Å². The van der Waals surface area contributed by atoms with Gasteiger partial charge in [-0.05, 0) is 49.0 Å². The van der Waals surface area contributed by atoms with E-state index < -0.39 is 0 Å². The zero-order valence-electron chi connectivity index (χ0n) is 12.7. The smallest absolute Gasteiger partial charge is 0.0928 e. The van der Waals surface area contributed by atoms with Crippen LogP contribution >= 0.6 is 27.3 Å². The summed E-state index contributed by atoms with van der Waals surface area (Å²) in [6, 6.07) is 8.62. The average Bonchev–Trinajstić information content (AvgIpc) is 2.91. The number of nitrogens with one attached hydrogen (secondary N) is 1. The van der Waals surface area contributed by atoms with Crippen LogP contribution in [0.25, 0.3) is 0 Å². The first-order valence-corrected chi connectivity index (χ1v) is 9.14. The summed E-state index contributed by atoms with van der Waals surface area (Å²) in [5, 5.41) is 6.90. The lowest BCUT2D eigenvalue weighted by molar-refractivity contribution is 0.445. The third-order valence-electron chi connectivity index (χ3n) is 3.35. The van der Waals surface area contributed by atoms with E-state index in [-0.39, 0.29) is 0 Å². The Morgan fingerprint density at radius 1 is 1.24 bits per heavy atom. The number of aromatic nitrogens is 1. The Morgan fingerprint density at radius 3 is 2.76 bits per heavy atom. The van der Waals surface area contributed by atoms with E-state index in [2.05, 4.69) is 69.7 Å². The zero-order valence-corrected chi connectivity index (χ0v) is 15.1. The van der Waals surface area contributed by atoms with Crippen LogP contribution in [0.2, 0.25) is 0 Å².